The van der Waals surface area contributed by atoms with Crippen molar-refractivity contribution in [2.75, 3.05) is 10.6 Å². The van der Waals surface area contributed by atoms with Crippen molar-refractivity contribution in [3.8, 4) is 0 Å². The number of amides is 3. The molecule has 0 saturated heterocycles. The second-order valence-corrected chi connectivity index (χ2v) is 11.4. The molecule has 0 aliphatic carbocycles. The smallest absolute Gasteiger partial charge is 0.335 e. The van der Waals surface area contributed by atoms with E-state index in [2.05, 4.69) is 16.0 Å². The van der Waals surface area contributed by atoms with E-state index in [9.17, 15) is 24.3 Å². The molecule has 0 fully saturated rings. The molecule has 0 spiro atoms. The zero-order chi connectivity index (χ0) is 30.9. The number of rotatable bonds is 10. The van der Waals surface area contributed by atoms with Crippen molar-refractivity contribution in [2.45, 2.75) is 17.1 Å². The van der Waals surface area contributed by atoms with Crippen LogP contribution in [0.4, 0.5) is 11.4 Å². The van der Waals surface area contributed by atoms with Crippen molar-refractivity contribution in [3.05, 3.63) is 129 Å². The molecule has 43 heavy (non-hydrogen) atoms. The van der Waals surface area contributed by atoms with Crippen LogP contribution in [0, 0.1) is 0 Å². The van der Waals surface area contributed by atoms with Gasteiger partial charge in [-0.2, -0.15) is 0 Å². The van der Waals surface area contributed by atoms with E-state index in [1.165, 1.54) is 36.0 Å². The molecule has 1 atom stereocenters. The Bertz CT molecular complexity index is 1700. The summed E-state index contributed by atoms with van der Waals surface area (Å²) in [6, 6.07) is 26.3. The van der Waals surface area contributed by atoms with Crippen molar-refractivity contribution in [2.24, 2.45) is 0 Å². The molecule has 4 aromatic carbocycles. The Kier molecular flexibility index (Phi) is 10.6. The lowest BCUT2D eigenvalue weighted by molar-refractivity contribution is -0.115. The molecule has 4 rings (SSSR count). The van der Waals surface area contributed by atoms with E-state index in [-0.39, 0.29) is 27.9 Å². The third-order valence-corrected chi connectivity index (χ3v) is 7.63. The van der Waals surface area contributed by atoms with Gasteiger partial charge >= 0.3 is 5.97 Å². The van der Waals surface area contributed by atoms with Gasteiger partial charge in [0, 0.05) is 21.2 Å². The summed E-state index contributed by atoms with van der Waals surface area (Å²) in [5.74, 6) is -2.49. The first-order chi connectivity index (χ1) is 20.6. The summed E-state index contributed by atoms with van der Waals surface area (Å²) >= 11 is 13.5. The first kappa shape index (κ1) is 31.4. The number of hydrogen-bond acceptors (Lipinski definition) is 5. The van der Waals surface area contributed by atoms with Gasteiger partial charge in [0.2, 0.25) is 5.91 Å². The van der Waals surface area contributed by atoms with Gasteiger partial charge in [-0.25, -0.2) is 4.79 Å². The molecule has 11 heteroatoms. The standard InChI is InChI=1S/C32H25Cl2N3O5S/c1-19(29(38)36-27-18-22(32(41)42)10-15-26(27)34)43-25-13-11-24(12-14-25)35-31(40)28(17-20-6-5-9-23(33)16-20)37-30(39)21-7-3-2-4-8-21/h2-19H,1H3,(H,35,40)(H,36,38)(H,37,39)(H,41,42)/b28-17-. The molecule has 0 bridgehead atoms. The molecule has 0 aromatic heterocycles. The van der Waals surface area contributed by atoms with Crippen LogP contribution in [-0.2, 0) is 9.59 Å². The van der Waals surface area contributed by atoms with E-state index < -0.39 is 23.0 Å². The fourth-order valence-corrected chi connectivity index (χ4v) is 5.00. The zero-order valence-electron chi connectivity index (χ0n) is 22.6. The summed E-state index contributed by atoms with van der Waals surface area (Å²) in [5, 5.41) is 17.5. The molecule has 218 valence electrons. The van der Waals surface area contributed by atoms with Gasteiger partial charge in [-0.1, -0.05) is 53.5 Å². The number of halogens is 2. The maximum atomic E-state index is 13.3. The first-order valence-electron chi connectivity index (χ1n) is 12.8. The Morgan fingerprint density at radius 2 is 1.53 bits per heavy atom. The predicted octanol–water partition coefficient (Wildman–Crippen LogP) is 7.22. The van der Waals surface area contributed by atoms with E-state index in [1.807, 2.05) is 0 Å². The number of carboxylic acid groups (broad SMARTS) is 1. The predicted molar refractivity (Wildman–Crippen MR) is 171 cm³/mol. The topological polar surface area (TPSA) is 125 Å². The molecule has 0 heterocycles. The van der Waals surface area contributed by atoms with Crippen LogP contribution in [0.2, 0.25) is 10.0 Å². The largest absolute Gasteiger partial charge is 0.478 e. The van der Waals surface area contributed by atoms with Crippen LogP contribution in [-0.4, -0.2) is 34.0 Å². The molecular weight excluding hydrogens is 609 g/mol. The molecule has 4 aromatic rings. The van der Waals surface area contributed by atoms with Crippen LogP contribution < -0.4 is 16.0 Å². The molecule has 4 N–H and O–H groups in total. The number of aromatic carboxylic acids is 1. The van der Waals surface area contributed by atoms with Crippen LogP contribution >= 0.6 is 35.0 Å². The average molecular weight is 635 g/mol. The van der Waals surface area contributed by atoms with Gasteiger partial charge in [-0.3, -0.25) is 14.4 Å². The number of anilines is 2. The molecular formula is C32H25Cl2N3O5S. The molecule has 1 unspecified atom stereocenters. The van der Waals surface area contributed by atoms with Gasteiger partial charge in [0.05, 0.1) is 21.5 Å². The van der Waals surface area contributed by atoms with E-state index in [0.29, 0.717) is 21.8 Å². The summed E-state index contributed by atoms with van der Waals surface area (Å²) < 4.78 is 0. The van der Waals surface area contributed by atoms with E-state index in [4.69, 9.17) is 23.2 Å². The Hall–Kier alpha value is -4.57. The van der Waals surface area contributed by atoms with E-state index in [1.54, 1.807) is 85.8 Å². The lowest BCUT2D eigenvalue weighted by Gasteiger charge is -2.14. The van der Waals surface area contributed by atoms with Gasteiger partial charge in [0.1, 0.15) is 5.70 Å². The second kappa shape index (κ2) is 14.6. The highest BCUT2D eigenvalue weighted by molar-refractivity contribution is 8.00. The van der Waals surface area contributed by atoms with Crippen molar-refractivity contribution in [1.29, 1.82) is 0 Å². The third kappa shape index (κ3) is 8.96. The van der Waals surface area contributed by atoms with Crippen LogP contribution in [0.5, 0.6) is 0 Å². The Balaban J connectivity index is 1.43. The van der Waals surface area contributed by atoms with Gasteiger partial charge < -0.3 is 21.1 Å². The third-order valence-electron chi connectivity index (χ3n) is 5.95. The number of carbonyl (C=O) groups excluding carboxylic acids is 3. The number of carbonyl (C=O) groups is 4. The molecule has 0 radical (unpaired) electrons. The van der Waals surface area contributed by atoms with Gasteiger partial charge in [0.25, 0.3) is 11.8 Å². The second-order valence-electron chi connectivity index (χ2n) is 9.16. The average Bonchev–Trinajstić information content (AvgIpc) is 2.99. The Morgan fingerprint density at radius 3 is 2.21 bits per heavy atom. The summed E-state index contributed by atoms with van der Waals surface area (Å²) in [6.45, 7) is 1.70. The SMILES string of the molecule is CC(Sc1ccc(NC(=O)/C(=C/c2cccc(Cl)c2)NC(=O)c2ccccc2)cc1)C(=O)Nc1cc(C(=O)O)ccc1Cl. The van der Waals surface area contributed by atoms with E-state index in [0.717, 1.165) is 4.90 Å². The number of carboxylic acids is 1. The van der Waals surface area contributed by atoms with Crippen molar-refractivity contribution in [3.63, 3.8) is 0 Å². The molecule has 3 amide bonds. The maximum Gasteiger partial charge on any atom is 0.335 e. The minimum Gasteiger partial charge on any atom is -0.478 e. The molecule has 0 saturated carbocycles. The minimum atomic E-state index is -1.13. The number of hydrogen-bond donors (Lipinski definition) is 4. The van der Waals surface area contributed by atoms with Gasteiger partial charge in [0.15, 0.2) is 0 Å². The first-order valence-corrected chi connectivity index (χ1v) is 14.5. The fourth-order valence-electron chi connectivity index (χ4n) is 3.77. The Morgan fingerprint density at radius 1 is 0.814 bits per heavy atom. The number of nitrogens with one attached hydrogen (secondary N) is 3. The monoisotopic (exact) mass is 633 g/mol. The van der Waals surface area contributed by atoms with Crippen LogP contribution in [0.15, 0.2) is 108 Å². The fraction of sp³-hybridized carbons (Fsp3) is 0.0625. The van der Waals surface area contributed by atoms with Crippen LogP contribution in [0.1, 0.15) is 33.2 Å². The highest BCUT2D eigenvalue weighted by atomic mass is 35.5. The lowest BCUT2D eigenvalue weighted by atomic mass is 10.1. The van der Waals surface area contributed by atoms with E-state index >= 15 is 0 Å². The molecule has 0 aliphatic rings. The Labute approximate surface area is 262 Å². The normalized spacial score (nSPS) is 11.7. The summed E-state index contributed by atoms with van der Waals surface area (Å²) in [4.78, 5) is 50.8. The van der Waals surface area contributed by atoms with Crippen LogP contribution in [0.25, 0.3) is 6.08 Å². The number of benzene rings is 4. The number of thioether (sulfide) groups is 1. The quantitative estimate of drug-likeness (QED) is 0.108. The van der Waals surface area contributed by atoms with Crippen molar-refractivity contribution < 1.29 is 24.3 Å². The maximum absolute atomic E-state index is 13.3. The molecule has 0 aliphatic heterocycles. The highest BCUT2D eigenvalue weighted by Crippen LogP contribution is 2.28. The van der Waals surface area contributed by atoms with Crippen LogP contribution in [0.3, 0.4) is 0 Å². The van der Waals surface area contributed by atoms with Crippen molar-refractivity contribution >= 4 is 76.1 Å². The van der Waals surface area contributed by atoms with Gasteiger partial charge in [-0.05, 0) is 85.3 Å². The van der Waals surface area contributed by atoms with Gasteiger partial charge in [-0.15, -0.1) is 11.8 Å². The lowest BCUT2D eigenvalue weighted by Crippen LogP contribution is -2.30. The summed E-state index contributed by atoms with van der Waals surface area (Å²) in [6.07, 6.45) is 1.53. The highest BCUT2D eigenvalue weighted by Gasteiger charge is 2.18. The summed E-state index contributed by atoms with van der Waals surface area (Å²) in [5.41, 5.74) is 1.71. The van der Waals surface area contributed by atoms with Crippen molar-refractivity contribution in [1.82, 2.24) is 5.32 Å². The zero-order valence-corrected chi connectivity index (χ0v) is 25.0. The summed E-state index contributed by atoms with van der Waals surface area (Å²) in [7, 11) is 0. The minimum absolute atomic E-state index is 0.00263. The molecule has 8 nitrogen and oxygen atoms in total.